The second-order valence-electron chi connectivity index (χ2n) is 7.21. The van der Waals surface area contributed by atoms with Crippen LogP contribution in [0.1, 0.15) is 47.0 Å². The van der Waals surface area contributed by atoms with Crippen LogP contribution in [0.3, 0.4) is 0 Å². The third-order valence-corrected chi connectivity index (χ3v) is 5.93. The number of hydrogen-bond acceptors (Lipinski definition) is 5. The smallest absolute Gasteiger partial charge is 0.309 e. The van der Waals surface area contributed by atoms with Gasteiger partial charge in [0.2, 0.25) is 0 Å². The molecule has 0 aromatic carbocycles. The molecule has 122 valence electrons. The zero-order chi connectivity index (χ0) is 16.2. The molecule has 5 heteroatoms. The normalized spacial score (nSPS) is 44.2. The molecule has 5 nitrogen and oxygen atoms in total. The molecule has 1 saturated carbocycles. The minimum absolute atomic E-state index is 0.110. The predicted octanol–water partition coefficient (Wildman–Crippen LogP) is 1.98. The van der Waals surface area contributed by atoms with Gasteiger partial charge < -0.3 is 14.6 Å². The van der Waals surface area contributed by atoms with Crippen LogP contribution in [0, 0.1) is 17.3 Å². The van der Waals surface area contributed by atoms with Crippen LogP contribution in [0.2, 0.25) is 0 Å². The van der Waals surface area contributed by atoms with Crippen LogP contribution in [0.25, 0.3) is 0 Å². The molecule has 3 aliphatic rings. The van der Waals surface area contributed by atoms with E-state index in [-0.39, 0.29) is 29.9 Å². The highest BCUT2D eigenvalue weighted by Gasteiger charge is 2.57. The molecule has 1 saturated heterocycles. The van der Waals surface area contributed by atoms with Crippen LogP contribution in [-0.4, -0.2) is 35.4 Å². The number of rotatable bonds is 1. The van der Waals surface area contributed by atoms with Crippen molar-refractivity contribution in [2.75, 3.05) is 0 Å². The van der Waals surface area contributed by atoms with Gasteiger partial charge in [-0.3, -0.25) is 9.59 Å². The third-order valence-electron chi connectivity index (χ3n) is 5.93. The molecule has 1 heterocycles. The molecule has 22 heavy (non-hydrogen) atoms. The Bertz CT molecular complexity index is 551. The van der Waals surface area contributed by atoms with Crippen molar-refractivity contribution in [3.05, 3.63) is 11.1 Å². The first-order chi connectivity index (χ1) is 10.3. The number of carbonyl (C=O) groups is 2. The number of ether oxygens (including phenoxy) is 2. The highest BCUT2D eigenvalue weighted by atomic mass is 16.6. The number of aliphatic hydroxyl groups is 1. The molecule has 0 spiro atoms. The van der Waals surface area contributed by atoms with E-state index in [2.05, 4.69) is 0 Å². The lowest BCUT2D eigenvalue weighted by atomic mass is 9.58. The molecule has 2 fully saturated rings. The van der Waals surface area contributed by atoms with Crippen LogP contribution in [0.15, 0.2) is 11.1 Å². The topological polar surface area (TPSA) is 72.8 Å². The van der Waals surface area contributed by atoms with Gasteiger partial charge in [0, 0.05) is 24.7 Å². The van der Waals surface area contributed by atoms with Gasteiger partial charge in [0.15, 0.2) is 0 Å². The summed E-state index contributed by atoms with van der Waals surface area (Å²) in [6, 6.07) is 0. The van der Waals surface area contributed by atoms with Gasteiger partial charge in [0.1, 0.15) is 12.2 Å². The summed E-state index contributed by atoms with van der Waals surface area (Å²) in [5, 5.41) is 10.7. The molecule has 1 aliphatic heterocycles. The Kier molecular flexibility index (Phi) is 3.59. The van der Waals surface area contributed by atoms with Crippen molar-refractivity contribution in [2.45, 2.75) is 65.3 Å². The molecule has 6 atom stereocenters. The summed E-state index contributed by atoms with van der Waals surface area (Å²) >= 11 is 0. The first-order valence-corrected chi connectivity index (χ1v) is 8.02. The van der Waals surface area contributed by atoms with Crippen molar-refractivity contribution in [1.82, 2.24) is 0 Å². The molecular formula is C17H24O5. The summed E-state index contributed by atoms with van der Waals surface area (Å²) in [6.45, 7) is 7.26. The second kappa shape index (κ2) is 5.08. The number of fused-ring (bicyclic) bond motifs is 3. The van der Waals surface area contributed by atoms with Gasteiger partial charge in [0.05, 0.1) is 12.0 Å². The molecule has 1 N–H and O–H groups in total. The van der Waals surface area contributed by atoms with Crippen LogP contribution >= 0.6 is 0 Å². The van der Waals surface area contributed by atoms with E-state index in [0.717, 1.165) is 24.0 Å². The van der Waals surface area contributed by atoms with Gasteiger partial charge in [-0.1, -0.05) is 13.8 Å². The minimum Gasteiger partial charge on any atom is -0.458 e. The van der Waals surface area contributed by atoms with Crippen LogP contribution in [-0.2, 0) is 19.1 Å². The molecule has 2 aliphatic carbocycles. The van der Waals surface area contributed by atoms with E-state index < -0.39 is 17.6 Å². The van der Waals surface area contributed by atoms with E-state index in [9.17, 15) is 14.7 Å². The zero-order valence-electron chi connectivity index (χ0n) is 13.6. The second-order valence-corrected chi connectivity index (χ2v) is 7.21. The Labute approximate surface area is 130 Å². The monoisotopic (exact) mass is 308 g/mol. The fourth-order valence-electron chi connectivity index (χ4n) is 4.53. The van der Waals surface area contributed by atoms with Crippen molar-refractivity contribution in [2.24, 2.45) is 17.3 Å². The summed E-state index contributed by atoms with van der Waals surface area (Å²) in [7, 11) is 0. The Hall–Kier alpha value is -1.36. The summed E-state index contributed by atoms with van der Waals surface area (Å²) in [4.78, 5) is 23.3. The Morgan fingerprint density at radius 2 is 2.14 bits per heavy atom. The minimum atomic E-state index is -0.592. The van der Waals surface area contributed by atoms with Crippen LogP contribution in [0.4, 0.5) is 0 Å². The maximum atomic E-state index is 12.0. The van der Waals surface area contributed by atoms with Crippen molar-refractivity contribution in [3.63, 3.8) is 0 Å². The fraction of sp³-hybridized carbons (Fsp3) is 0.765. The Morgan fingerprint density at radius 1 is 1.45 bits per heavy atom. The van der Waals surface area contributed by atoms with Crippen LogP contribution in [0.5, 0.6) is 0 Å². The Morgan fingerprint density at radius 3 is 2.77 bits per heavy atom. The lowest BCUT2D eigenvalue weighted by Crippen LogP contribution is -2.50. The molecule has 0 aromatic rings. The van der Waals surface area contributed by atoms with Crippen molar-refractivity contribution < 1.29 is 24.2 Å². The lowest BCUT2D eigenvalue weighted by molar-refractivity contribution is -0.150. The number of aliphatic hydroxyl groups excluding tert-OH is 1. The summed E-state index contributed by atoms with van der Waals surface area (Å²) in [6.07, 6.45) is 0.812. The standard InChI is InChI=1S/C17H24O5/c1-8-11-5-6-17(4)13(19)7-12(21-10(3)18)9(2)14(17)15(11)22-16(8)20/h8,11-13,15,19H,5-7H2,1-4H3/t8-,11+,12+,13+,15+,17+/m1/s1. The molecule has 0 bridgehead atoms. The van der Waals surface area contributed by atoms with Gasteiger partial charge in [0.25, 0.3) is 0 Å². The number of hydrogen-bond donors (Lipinski definition) is 1. The maximum absolute atomic E-state index is 12.0. The van der Waals surface area contributed by atoms with E-state index in [0.29, 0.717) is 6.42 Å². The molecule has 0 amide bonds. The molecule has 0 unspecified atom stereocenters. The highest BCUT2D eigenvalue weighted by Crippen LogP contribution is 2.55. The lowest BCUT2D eigenvalue weighted by Gasteiger charge is -2.50. The first kappa shape index (κ1) is 15.5. The van der Waals surface area contributed by atoms with Crippen LogP contribution < -0.4 is 0 Å². The predicted molar refractivity (Wildman–Crippen MR) is 78.8 cm³/mol. The van der Waals surface area contributed by atoms with E-state index in [1.807, 2.05) is 20.8 Å². The summed E-state index contributed by atoms with van der Waals surface area (Å²) in [5.41, 5.74) is 1.53. The van der Waals surface area contributed by atoms with E-state index >= 15 is 0 Å². The van der Waals surface area contributed by atoms with Gasteiger partial charge in [-0.25, -0.2) is 0 Å². The van der Waals surface area contributed by atoms with Gasteiger partial charge in [-0.05, 0) is 30.9 Å². The number of esters is 2. The van der Waals surface area contributed by atoms with Crippen molar-refractivity contribution in [3.8, 4) is 0 Å². The summed E-state index contributed by atoms with van der Waals surface area (Å²) < 4.78 is 11.0. The molecular weight excluding hydrogens is 284 g/mol. The van der Waals surface area contributed by atoms with Gasteiger partial charge >= 0.3 is 11.9 Å². The first-order valence-electron chi connectivity index (χ1n) is 8.02. The SMILES string of the molecule is CC(=O)O[C@H]1C[C@H](O)[C@]2(C)CC[C@@H]3[C@H](OC(=O)[C@@H]3C)C2=C1C. The van der Waals surface area contributed by atoms with Crippen molar-refractivity contribution >= 4 is 11.9 Å². The number of carbonyl (C=O) groups excluding carboxylic acids is 2. The molecule has 3 rings (SSSR count). The van der Waals surface area contributed by atoms with Gasteiger partial charge in [-0.15, -0.1) is 0 Å². The average Bonchev–Trinajstić information content (AvgIpc) is 2.71. The molecule has 0 aromatic heterocycles. The largest absolute Gasteiger partial charge is 0.458 e. The zero-order valence-corrected chi connectivity index (χ0v) is 13.6. The summed E-state index contributed by atoms with van der Waals surface area (Å²) in [5.74, 6) is -0.469. The van der Waals surface area contributed by atoms with E-state index in [1.54, 1.807) is 0 Å². The van der Waals surface area contributed by atoms with Crippen molar-refractivity contribution in [1.29, 1.82) is 0 Å². The molecule has 0 radical (unpaired) electrons. The quantitative estimate of drug-likeness (QED) is 0.592. The van der Waals surface area contributed by atoms with E-state index in [4.69, 9.17) is 9.47 Å². The maximum Gasteiger partial charge on any atom is 0.309 e. The highest BCUT2D eigenvalue weighted by molar-refractivity contribution is 5.76. The fourth-order valence-corrected chi connectivity index (χ4v) is 4.53. The Balaban J connectivity index is 2.05. The third kappa shape index (κ3) is 2.09. The van der Waals surface area contributed by atoms with E-state index in [1.165, 1.54) is 6.92 Å². The average molecular weight is 308 g/mol. The van der Waals surface area contributed by atoms with Gasteiger partial charge in [-0.2, -0.15) is 0 Å².